The molecule has 3 rings (SSSR count). The number of carbonyl (C=O) groups excluding carboxylic acids is 1. The van der Waals surface area contributed by atoms with Crippen molar-refractivity contribution in [1.29, 1.82) is 0 Å². The number of anilines is 2. The summed E-state index contributed by atoms with van der Waals surface area (Å²) >= 11 is 0. The van der Waals surface area contributed by atoms with E-state index in [0.717, 1.165) is 17.8 Å². The summed E-state index contributed by atoms with van der Waals surface area (Å²) in [5.41, 5.74) is 1.89. The Morgan fingerprint density at radius 3 is 2.48 bits per heavy atom. The molecule has 2 aromatic carbocycles. The Kier molecular flexibility index (Phi) is 6.76. The van der Waals surface area contributed by atoms with Crippen molar-refractivity contribution in [3.05, 3.63) is 66.4 Å². The number of carbonyl (C=O) groups is 1. The summed E-state index contributed by atoms with van der Waals surface area (Å²) in [6, 6.07) is 18.8. The summed E-state index contributed by atoms with van der Waals surface area (Å²) < 4.78 is 5.40. The van der Waals surface area contributed by atoms with Gasteiger partial charge in [-0.2, -0.15) is 0 Å². The molecule has 7 nitrogen and oxygen atoms in total. The van der Waals surface area contributed by atoms with E-state index >= 15 is 0 Å². The van der Waals surface area contributed by atoms with Crippen molar-refractivity contribution in [2.45, 2.75) is 0 Å². The van der Waals surface area contributed by atoms with Crippen molar-refractivity contribution in [3.63, 3.8) is 0 Å². The SMILES string of the molecule is COc1ccccc1Nc1cc(C(=O)NCCN(C)C)nc(-c2ccccc2)n1. The van der Waals surface area contributed by atoms with Gasteiger partial charge in [0.25, 0.3) is 5.91 Å². The van der Waals surface area contributed by atoms with Gasteiger partial charge in [0.05, 0.1) is 12.8 Å². The lowest BCUT2D eigenvalue weighted by Gasteiger charge is -2.13. The van der Waals surface area contributed by atoms with Gasteiger partial charge in [0, 0.05) is 24.7 Å². The molecule has 2 N–H and O–H groups in total. The van der Waals surface area contributed by atoms with Crippen LogP contribution in [-0.2, 0) is 0 Å². The van der Waals surface area contributed by atoms with Crippen molar-refractivity contribution < 1.29 is 9.53 Å². The molecule has 0 unspecified atom stereocenters. The number of amides is 1. The van der Waals surface area contributed by atoms with Gasteiger partial charge >= 0.3 is 0 Å². The summed E-state index contributed by atoms with van der Waals surface area (Å²) in [5, 5.41) is 6.14. The van der Waals surface area contributed by atoms with Crippen LogP contribution in [0.5, 0.6) is 5.75 Å². The van der Waals surface area contributed by atoms with Crippen molar-refractivity contribution in [3.8, 4) is 17.1 Å². The number of methoxy groups -OCH3 is 1. The maximum Gasteiger partial charge on any atom is 0.270 e. The maximum absolute atomic E-state index is 12.7. The van der Waals surface area contributed by atoms with Gasteiger partial charge in [0.1, 0.15) is 17.3 Å². The minimum absolute atomic E-state index is 0.241. The van der Waals surface area contributed by atoms with Gasteiger partial charge in [-0.05, 0) is 26.2 Å². The smallest absolute Gasteiger partial charge is 0.270 e. The van der Waals surface area contributed by atoms with Crippen LogP contribution in [0.1, 0.15) is 10.5 Å². The fourth-order valence-corrected chi connectivity index (χ4v) is 2.71. The number of hydrogen-bond donors (Lipinski definition) is 2. The maximum atomic E-state index is 12.7. The van der Waals surface area contributed by atoms with Crippen LogP contribution in [0.4, 0.5) is 11.5 Å². The third-order valence-electron chi connectivity index (χ3n) is 4.21. The van der Waals surface area contributed by atoms with Gasteiger partial charge in [-0.3, -0.25) is 4.79 Å². The average Bonchev–Trinajstić information content (AvgIpc) is 2.74. The minimum Gasteiger partial charge on any atom is -0.495 e. The number of hydrogen-bond acceptors (Lipinski definition) is 6. The Labute approximate surface area is 170 Å². The highest BCUT2D eigenvalue weighted by Crippen LogP contribution is 2.27. The summed E-state index contributed by atoms with van der Waals surface area (Å²) in [7, 11) is 5.53. The van der Waals surface area contributed by atoms with Crippen LogP contribution in [0.15, 0.2) is 60.7 Å². The van der Waals surface area contributed by atoms with Crippen LogP contribution in [-0.4, -0.2) is 55.1 Å². The van der Waals surface area contributed by atoms with Gasteiger partial charge in [0.15, 0.2) is 5.82 Å². The monoisotopic (exact) mass is 391 g/mol. The van der Waals surface area contributed by atoms with E-state index in [9.17, 15) is 4.79 Å². The zero-order chi connectivity index (χ0) is 20.6. The van der Waals surface area contributed by atoms with Gasteiger partial charge in [-0.1, -0.05) is 42.5 Å². The van der Waals surface area contributed by atoms with Crippen LogP contribution >= 0.6 is 0 Å². The molecule has 0 spiro atoms. The van der Waals surface area contributed by atoms with Gasteiger partial charge in [0.2, 0.25) is 0 Å². The van der Waals surface area contributed by atoms with E-state index in [1.54, 1.807) is 13.2 Å². The molecule has 0 atom stereocenters. The van der Waals surface area contributed by atoms with Crippen LogP contribution < -0.4 is 15.4 Å². The standard InChI is InChI=1S/C22H25N5O2/c1-27(2)14-13-23-22(28)18-15-20(24-17-11-7-8-12-19(17)29-3)26-21(25-18)16-9-5-4-6-10-16/h4-12,15H,13-14H2,1-3H3,(H,23,28)(H,24,25,26). The molecule has 0 saturated carbocycles. The summed E-state index contributed by atoms with van der Waals surface area (Å²) in [5.74, 6) is 1.43. The highest BCUT2D eigenvalue weighted by molar-refractivity contribution is 5.93. The molecule has 0 aliphatic rings. The Morgan fingerprint density at radius 1 is 1.03 bits per heavy atom. The third-order valence-corrected chi connectivity index (χ3v) is 4.21. The van der Waals surface area contributed by atoms with E-state index in [1.807, 2.05) is 73.6 Å². The molecule has 0 fully saturated rings. The molecule has 0 aliphatic heterocycles. The Bertz CT molecular complexity index is 960. The second kappa shape index (κ2) is 9.66. The zero-order valence-corrected chi connectivity index (χ0v) is 16.8. The summed E-state index contributed by atoms with van der Waals surface area (Å²) in [4.78, 5) is 23.7. The van der Waals surface area contributed by atoms with Crippen LogP contribution in [0.3, 0.4) is 0 Å². The van der Waals surface area contributed by atoms with Gasteiger partial charge < -0.3 is 20.3 Å². The van der Waals surface area contributed by atoms with E-state index in [-0.39, 0.29) is 5.91 Å². The molecule has 0 saturated heterocycles. The average molecular weight is 391 g/mol. The first-order valence-corrected chi connectivity index (χ1v) is 9.34. The van der Waals surface area contributed by atoms with Crippen LogP contribution in [0.2, 0.25) is 0 Å². The van der Waals surface area contributed by atoms with E-state index < -0.39 is 0 Å². The van der Waals surface area contributed by atoms with Crippen molar-refractivity contribution in [2.24, 2.45) is 0 Å². The van der Waals surface area contributed by atoms with E-state index in [2.05, 4.69) is 20.6 Å². The molecule has 0 radical (unpaired) electrons. The fraction of sp³-hybridized carbons (Fsp3) is 0.227. The normalized spacial score (nSPS) is 10.6. The van der Waals surface area contributed by atoms with Crippen molar-refractivity contribution in [2.75, 3.05) is 39.6 Å². The summed E-state index contributed by atoms with van der Waals surface area (Å²) in [6.07, 6.45) is 0. The number of nitrogens with one attached hydrogen (secondary N) is 2. The lowest BCUT2D eigenvalue weighted by atomic mass is 10.2. The second-order valence-corrected chi connectivity index (χ2v) is 6.71. The number of ether oxygens (including phenoxy) is 1. The fourth-order valence-electron chi connectivity index (χ4n) is 2.71. The molecule has 3 aromatic rings. The predicted molar refractivity (Wildman–Crippen MR) is 115 cm³/mol. The van der Waals surface area contributed by atoms with E-state index in [0.29, 0.717) is 29.6 Å². The lowest BCUT2D eigenvalue weighted by molar-refractivity contribution is 0.0946. The second-order valence-electron chi connectivity index (χ2n) is 6.71. The molecule has 0 aliphatic carbocycles. The van der Waals surface area contributed by atoms with Crippen LogP contribution in [0, 0.1) is 0 Å². The largest absolute Gasteiger partial charge is 0.495 e. The number of aromatic nitrogens is 2. The number of nitrogens with zero attached hydrogens (tertiary/aromatic N) is 3. The molecule has 1 aromatic heterocycles. The first-order valence-electron chi connectivity index (χ1n) is 9.34. The third kappa shape index (κ3) is 5.52. The molecule has 1 heterocycles. The zero-order valence-electron chi connectivity index (χ0n) is 16.8. The highest BCUT2D eigenvalue weighted by atomic mass is 16.5. The number of rotatable bonds is 8. The molecular formula is C22H25N5O2. The Hall–Kier alpha value is -3.45. The Balaban J connectivity index is 1.93. The Morgan fingerprint density at radius 2 is 1.76 bits per heavy atom. The van der Waals surface area contributed by atoms with Crippen molar-refractivity contribution >= 4 is 17.4 Å². The van der Waals surface area contributed by atoms with Crippen LogP contribution in [0.25, 0.3) is 11.4 Å². The van der Waals surface area contributed by atoms with Crippen molar-refractivity contribution in [1.82, 2.24) is 20.2 Å². The van der Waals surface area contributed by atoms with E-state index in [1.165, 1.54) is 0 Å². The predicted octanol–water partition coefficient (Wildman–Crippen LogP) is 3.19. The molecule has 0 bridgehead atoms. The summed E-state index contributed by atoms with van der Waals surface area (Å²) in [6.45, 7) is 1.28. The molecule has 150 valence electrons. The van der Waals surface area contributed by atoms with Gasteiger partial charge in [-0.25, -0.2) is 9.97 Å². The first kappa shape index (κ1) is 20.3. The first-order chi connectivity index (χ1) is 14.1. The van der Waals surface area contributed by atoms with E-state index in [4.69, 9.17) is 4.74 Å². The quantitative estimate of drug-likeness (QED) is 0.614. The number of likely N-dealkylation sites (N-methyl/N-ethyl adjacent to an activating group) is 1. The highest BCUT2D eigenvalue weighted by Gasteiger charge is 2.14. The van der Waals surface area contributed by atoms with Gasteiger partial charge in [-0.15, -0.1) is 0 Å². The lowest BCUT2D eigenvalue weighted by Crippen LogP contribution is -2.32. The molecular weight excluding hydrogens is 366 g/mol. The number of benzene rings is 2. The molecule has 7 heteroatoms. The minimum atomic E-state index is -0.241. The number of para-hydroxylation sites is 2. The topological polar surface area (TPSA) is 79.4 Å². The molecule has 1 amide bonds. The molecule has 29 heavy (non-hydrogen) atoms.